The lowest BCUT2D eigenvalue weighted by Gasteiger charge is -2.11. The standard InChI is InChI=1S/C13H10BrN3O2S/c14-11-3-1-2-4-12(11)17-20(18,19)13-6-5-10(16)7-9(13)8-15/h1-7,17H,16H2. The molecule has 0 atom stereocenters. The number of sulfonamides is 1. The molecule has 0 radical (unpaired) electrons. The Bertz CT molecular complexity index is 798. The fraction of sp³-hybridized carbons (Fsp3) is 0. The molecule has 0 amide bonds. The van der Waals surface area contributed by atoms with E-state index in [1.807, 2.05) is 6.07 Å². The van der Waals surface area contributed by atoms with Gasteiger partial charge in [0, 0.05) is 10.2 Å². The number of nitrogens with two attached hydrogens (primary N) is 1. The molecule has 3 N–H and O–H groups in total. The SMILES string of the molecule is N#Cc1cc(N)ccc1S(=O)(=O)Nc1ccccc1Br. The third-order valence-corrected chi connectivity index (χ3v) is 4.65. The first-order chi connectivity index (χ1) is 9.44. The molecule has 2 rings (SSSR count). The highest BCUT2D eigenvalue weighted by Crippen LogP contribution is 2.26. The van der Waals surface area contributed by atoms with Crippen molar-refractivity contribution in [2.45, 2.75) is 4.90 Å². The molecule has 0 aliphatic heterocycles. The first-order valence-electron chi connectivity index (χ1n) is 5.51. The van der Waals surface area contributed by atoms with Crippen molar-refractivity contribution in [1.82, 2.24) is 0 Å². The van der Waals surface area contributed by atoms with E-state index in [9.17, 15) is 8.42 Å². The molecule has 0 saturated carbocycles. The summed E-state index contributed by atoms with van der Waals surface area (Å²) in [4.78, 5) is -0.107. The van der Waals surface area contributed by atoms with Crippen LogP contribution >= 0.6 is 15.9 Å². The molecule has 20 heavy (non-hydrogen) atoms. The summed E-state index contributed by atoms with van der Waals surface area (Å²) in [5, 5.41) is 9.02. The third kappa shape index (κ3) is 2.92. The minimum absolute atomic E-state index is 0.00422. The monoisotopic (exact) mass is 351 g/mol. The highest BCUT2D eigenvalue weighted by molar-refractivity contribution is 9.10. The molecule has 0 heterocycles. The molecule has 0 bridgehead atoms. The van der Waals surface area contributed by atoms with Gasteiger partial charge in [-0.2, -0.15) is 5.26 Å². The van der Waals surface area contributed by atoms with Crippen molar-refractivity contribution in [3.63, 3.8) is 0 Å². The summed E-state index contributed by atoms with van der Waals surface area (Å²) in [5.41, 5.74) is 6.28. The van der Waals surface area contributed by atoms with Crippen LogP contribution < -0.4 is 10.5 Å². The van der Waals surface area contributed by atoms with Gasteiger partial charge >= 0.3 is 0 Å². The van der Waals surface area contributed by atoms with Gasteiger partial charge in [0.2, 0.25) is 0 Å². The Kier molecular flexibility index (Phi) is 3.97. The van der Waals surface area contributed by atoms with E-state index in [2.05, 4.69) is 20.7 Å². The molecular weight excluding hydrogens is 342 g/mol. The van der Waals surface area contributed by atoms with Crippen LogP contribution in [0, 0.1) is 11.3 Å². The van der Waals surface area contributed by atoms with Crippen molar-refractivity contribution in [2.75, 3.05) is 10.5 Å². The Balaban J connectivity index is 2.47. The number of para-hydroxylation sites is 1. The number of halogens is 1. The van der Waals surface area contributed by atoms with Crippen molar-refractivity contribution in [2.24, 2.45) is 0 Å². The summed E-state index contributed by atoms with van der Waals surface area (Å²) in [7, 11) is -3.85. The van der Waals surface area contributed by atoms with E-state index in [1.165, 1.54) is 18.2 Å². The zero-order valence-corrected chi connectivity index (χ0v) is 12.6. The van der Waals surface area contributed by atoms with Gasteiger partial charge in [0.05, 0.1) is 11.3 Å². The molecule has 0 aliphatic rings. The van der Waals surface area contributed by atoms with E-state index in [4.69, 9.17) is 11.0 Å². The fourth-order valence-corrected chi connectivity index (χ4v) is 3.35. The van der Waals surface area contributed by atoms with Crippen LogP contribution in [-0.4, -0.2) is 8.42 Å². The number of hydrogen-bond acceptors (Lipinski definition) is 4. The van der Waals surface area contributed by atoms with Crippen LogP contribution in [0.3, 0.4) is 0 Å². The number of nitrogen functional groups attached to an aromatic ring is 1. The Labute approximate surface area is 125 Å². The highest BCUT2D eigenvalue weighted by atomic mass is 79.9. The zero-order chi connectivity index (χ0) is 14.8. The van der Waals surface area contributed by atoms with E-state index in [0.717, 1.165) is 0 Å². The lowest BCUT2D eigenvalue weighted by atomic mass is 10.2. The van der Waals surface area contributed by atoms with Crippen LogP contribution in [0.1, 0.15) is 5.56 Å². The van der Waals surface area contributed by atoms with Gasteiger partial charge in [-0.1, -0.05) is 12.1 Å². The van der Waals surface area contributed by atoms with Crippen LogP contribution in [0.15, 0.2) is 51.8 Å². The fourth-order valence-electron chi connectivity index (χ4n) is 1.61. The number of nitrogens with zero attached hydrogens (tertiary/aromatic N) is 1. The van der Waals surface area contributed by atoms with Gasteiger partial charge in [-0.05, 0) is 46.3 Å². The smallest absolute Gasteiger partial charge is 0.263 e. The molecular formula is C13H10BrN3O2S. The van der Waals surface area contributed by atoms with Gasteiger partial charge in [0.25, 0.3) is 10.0 Å². The van der Waals surface area contributed by atoms with E-state index in [0.29, 0.717) is 15.8 Å². The van der Waals surface area contributed by atoms with Gasteiger partial charge in [-0.25, -0.2) is 8.42 Å². The molecule has 0 aliphatic carbocycles. The number of nitrogens with one attached hydrogen (secondary N) is 1. The maximum atomic E-state index is 12.3. The lowest BCUT2D eigenvalue weighted by Crippen LogP contribution is -2.15. The molecule has 102 valence electrons. The molecule has 0 unspecified atom stereocenters. The zero-order valence-electron chi connectivity index (χ0n) is 10.2. The second kappa shape index (κ2) is 5.53. The van der Waals surface area contributed by atoms with Crippen LogP contribution in [0.5, 0.6) is 0 Å². The number of nitriles is 1. The van der Waals surface area contributed by atoms with Gasteiger partial charge in [-0.3, -0.25) is 4.72 Å². The lowest BCUT2D eigenvalue weighted by molar-refractivity contribution is 0.601. The van der Waals surface area contributed by atoms with E-state index < -0.39 is 10.0 Å². The second-order valence-electron chi connectivity index (χ2n) is 3.95. The largest absolute Gasteiger partial charge is 0.399 e. The number of hydrogen-bond donors (Lipinski definition) is 2. The Morgan fingerprint density at radius 1 is 1.20 bits per heavy atom. The van der Waals surface area contributed by atoms with Gasteiger partial charge in [0.1, 0.15) is 11.0 Å². The number of anilines is 2. The summed E-state index contributed by atoms with van der Waals surface area (Å²) in [6, 6.07) is 12.7. The van der Waals surface area contributed by atoms with Crippen LogP contribution in [0.4, 0.5) is 11.4 Å². The molecule has 5 nitrogen and oxygen atoms in total. The van der Waals surface area contributed by atoms with E-state index in [1.54, 1.807) is 24.3 Å². The normalized spacial score (nSPS) is 10.8. The molecule has 0 spiro atoms. The minimum Gasteiger partial charge on any atom is -0.399 e. The predicted molar refractivity (Wildman–Crippen MR) is 80.5 cm³/mol. The molecule has 2 aromatic rings. The first kappa shape index (κ1) is 14.4. The molecule has 7 heteroatoms. The average molecular weight is 352 g/mol. The van der Waals surface area contributed by atoms with Crippen molar-refractivity contribution < 1.29 is 8.42 Å². The summed E-state index contributed by atoms with van der Waals surface area (Å²) in [6.07, 6.45) is 0. The van der Waals surface area contributed by atoms with Crippen LogP contribution in [-0.2, 0) is 10.0 Å². The maximum Gasteiger partial charge on any atom is 0.263 e. The molecule has 0 aromatic heterocycles. The van der Waals surface area contributed by atoms with Gasteiger partial charge < -0.3 is 5.73 Å². The quantitative estimate of drug-likeness (QED) is 0.830. The topological polar surface area (TPSA) is 96.0 Å². The number of rotatable bonds is 3. The molecule has 0 saturated heterocycles. The van der Waals surface area contributed by atoms with Gasteiger partial charge in [-0.15, -0.1) is 0 Å². The van der Waals surface area contributed by atoms with Crippen LogP contribution in [0.2, 0.25) is 0 Å². The number of benzene rings is 2. The van der Waals surface area contributed by atoms with E-state index in [-0.39, 0.29) is 10.5 Å². The molecule has 0 fully saturated rings. The third-order valence-electron chi connectivity index (χ3n) is 2.53. The van der Waals surface area contributed by atoms with E-state index >= 15 is 0 Å². The Morgan fingerprint density at radius 2 is 1.90 bits per heavy atom. The van der Waals surface area contributed by atoms with Crippen molar-refractivity contribution in [3.05, 3.63) is 52.5 Å². The van der Waals surface area contributed by atoms with Crippen molar-refractivity contribution in [3.8, 4) is 6.07 Å². The average Bonchev–Trinajstić information content (AvgIpc) is 2.40. The Morgan fingerprint density at radius 3 is 2.55 bits per heavy atom. The van der Waals surface area contributed by atoms with Crippen molar-refractivity contribution in [1.29, 1.82) is 5.26 Å². The predicted octanol–water partition coefficient (Wildman–Crippen LogP) is 2.70. The minimum atomic E-state index is -3.85. The highest BCUT2D eigenvalue weighted by Gasteiger charge is 2.19. The summed E-state index contributed by atoms with van der Waals surface area (Å²) < 4.78 is 27.7. The summed E-state index contributed by atoms with van der Waals surface area (Å²) >= 11 is 3.26. The molecule has 2 aromatic carbocycles. The maximum absolute atomic E-state index is 12.3. The first-order valence-corrected chi connectivity index (χ1v) is 7.78. The van der Waals surface area contributed by atoms with Crippen LogP contribution in [0.25, 0.3) is 0 Å². The van der Waals surface area contributed by atoms with Gasteiger partial charge in [0.15, 0.2) is 0 Å². The summed E-state index contributed by atoms with van der Waals surface area (Å²) in [6.45, 7) is 0. The summed E-state index contributed by atoms with van der Waals surface area (Å²) in [5.74, 6) is 0. The Hall–Kier alpha value is -2.04. The second-order valence-corrected chi connectivity index (χ2v) is 6.46. The van der Waals surface area contributed by atoms with Crippen molar-refractivity contribution >= 4 is 37.3 Å².